The zero-order chi connectivity index (χ0) is 39.2. The number of fused-ring (bicyclic) bond motifs is 6. The Hall–Kier alpha value is -6.71. The van der Waals surface area contributed by atoms with Crippen LogP contribution in [0.4, 0.5) is 0 Å². The molecule has 0 amide bonds. The second kappa shape index (κ2) is 12.9. The van der Waals surface area contributed by atoms with Gasteiger partial charge in [-0.2, -0.15) is 0 Å². The zero-order valence-corrected chi connectivity index (χ0v) is 33.3. The van der Waals surface area contributed by atoms with Crippen LogP contribution < -0.4 is 0 Å². The van der Waals surface area contributed by atoms with Crippen LogP contribution in [-0.2, 0) is 10.8 Å². The van der Waals surface area contributed by atoms with Crippen LogP contribution in [0, 0.1) is 0 Å². The molecule has 3 aliphatic carbocycles. The topological polar surface area (TPSA) is 38.7 Å². The van der Waals surface area contributed by atoms with Gasteiger partial charge in [0.2, 0.25) is 0 Å². The number of hydrogen-bond acceptors (Lipinski definition) is 3. The Bertz CT molecular complexity index is 3050. The van der Waals surface area contributed by atoms with E-state index in [1.165, 1.54) is 61.0 Å². The Morgan fingerprint density at radius 3 is 1.72 bits per heavy atom. The van der Waals surface area contributed by atoms with Gasteiger partial charge in [-0.15, -0.1) is 0 Å². The smallest absolute Gasteiger partial charge is 0.164 e. The largest absolute Gasteiger partial charge is 0.208 e. The van der Waals surface area contributed by atoms with Gasteiger partial charge in [-0.25, -0.2) is 15.0 Å². The van der Waals surface area contributed by atoms with Crippen LogP contribution in [-0.4, -0.2) is 15.0 Å². The van der Waals surface area contributed by atoms with Crippen LogP contribution in [0.15, 0.2) is 169 Å². The summed E-state index contributed by atoms with van der Waals surface area (Å²) in [6.07, 6.45) is 6.86. The van der Waals surface area contributed by atoms with Gasteiger partial charge in [-0.1, -0.05) is 155 Å². The van der Waals surface area contributed by atoms with Gasteiger partial charge in [-0.3, -0.25) is 0 Å². The molecule has 3 nitrogen and oxygen atoms in total. The van der Waals surface area contributed by atoms with E-state index in [0.29, 0.717) is 17.5 Å². The summed E-state index contributed by atoms with van der Waals surface area (Å²) in [6, 6.07) is 55.1. The van der Waals surface area contributed by atoms with Crippen molar-refractivity contribution in [2.24, 2.45) is 0 Å². The van der Waals surface area contributed by atoms with Crippen molar-refractivity contribution in [2.45, 2.75) is 51.4 Å². The predicted octanol–water partition coefficient (Wildman–Crippen LogP) is 14.1. The SMILES string of the molecule is CC1(C)C2=C(CCC=C2)c2cc(-c3cc(-c4ccc5c(c4)-c4ccccc4C5(C)C)cc(-c4nc(-c5ccccc5)nc(-c5ccc6ccccc6c5)n4)c3)ccc21. The fourth-order valence-electron chi connectivity index (χ4n) is 9.86. The molecular formula is C55H43N3. The number of aromatic nitrogens is 3. The van der Waals surface area contributed by atoms with Crippen molar-refractivity contribution in [1.29, 1.82) is 0 Å². The van der Waals surface area contributed by atoms with E-state index in [-0.39, 0.29) is 10.8 Å². The first-order valence-corrected chi connectivity index (χ1v) is 20.5. The molecule has 0 spiro atoms. The Kier molecular flexibility index (Phi) is 7.69. The standard InChI is InChI=1S/C55H43N3/c1-54(2)47-20-12-10-18-43(47)45-32-37(24-26-49(45)54)40-29-41(38-25-27-50-46(33-38)44-19-11-13-21-48(44)55(50,3)4)31-42(30-40)53-57-51(35-15-6-5-7-16-35)56-52(58-53)39-23-22-34-14-8-9-17-36(34)28-39/h5-10,12-18,20-33H,11,19H2,1-4H3. The average Bonchev–Trinajstić information content (AvgIpc) is 3.65. The molecule has 0 aliphatic heterocycles. The molecule has 0 fully saturated rings. The fourth-order valence-corrected chi connectivity index (χ4v) is 9.86. The van der Waals surface area contributed by atoms with Gasteiger partial charge in [0.05, 0.1) is 0 Å². The first kappa shape index (κ1) is 34.5. The second-order valence-electron chi connectivity index (χ2n) is 17.2. The highest BCUT2D eigenvalue weighted by molar-refractivity contribution is 5.90. The molecule has 7 aromatic carbocycles. The van der Waals surface area contributed by atoms with Gasteiger partial charge in [0.15, 0.2) is 17.5 Å². The molecule has 1 aromatic heterocycles. The number of benzene rings is 7. The zero-order valence-electron chi connectivity index (χ0n) is 33.3. The minimum atomic E-state index is -0.0601. The lowest BCUT2D eigenvalue weighted by atomic mass is 9.80. The molecule has 0 saturated heterocycles. The summed E-state index contributed by atoms with van der Waals surface area (Å²) >= 11 is 0. The highest BCUT2D eigenvalue weighted by Gasteiger charge is 2.37. The molecule has 3 heteroatoms. The van der Waals surface area contributed by atoms with E-state index >= 15 is 0 Å². The molecule has 0 atom stereocenters. The summed E-state index contributed by atoms with van der Waals surface area (Å²) in [5, 5.41) is 2.34. The normalized spacial score (nSPS) is 15.6. The third-order valence-corrected chi connectivity index (χ3v) is 13.0. The van der Waals surface area contributed by atoms with Crippen LogP contribution in [0.1, 0.15) is 62.8 Å². The third kappa shape index (κ3) is 5.45. The third-order valence-electron chi connectivity index (χ3n) is 13.0. The molecular weight excluding hydrogens is 703 g/mol. The van der Waals surface area contributed by atoms with E-state index in [1.54, 1.807) is 0 Å². The summed E-state index contributed by atoms with van der Waals surface area (Å²) in [5.74, 6) is 1.96. The van der Waals surface area contributed by atoms with Crippen molar-refractivity contribution in [3.8, 4) is 67.5 Å². The Morgan fingerprint density at radius 2 is 0.966 bits per heavy atom. The number of nitrogens with zero attached hydrogens (tertiary/aromatic N) is 3. The second-order valence-corrected chi connectivity index (χ2v) is 17.2. The molecule has 0 N–H and O–H groups in total. The summed E-state index contributed by atoms with van der Waals surface area (Å²) in [6.45, 7) is 9.42. The van der Waals surface area contributed by atoms with Crippen molar-refractivity contribution in [1.82, 2.24) is 15.0 Å². The predicted molar refractivity (Wildman–Crippen MR) is 240 cm³/mol. The lowest BCUT2D eigenvalue weighted by Crippen LogP contribution is -2.16. The van der Waals surface area contributed by atoms with Crippen molar-refractivity contribution < 1.29 is 0 Å². The molecule has 278 valence electrons. The molecule has 58 heavy (non-hydrogen) atoms. The molecule has 0 radical (unpaired) electrons. The molecule has 0 saturated carbocycles. The maximum atomic E-state index is 5.28. The maximum Gasteiger partial charge on any atom is 0.164 e. The highest BCUT2D eigenvalue weighted by Crippen LogP contribution is 2.52. The minimum Gasteiger partial charge on any atom is -0.208 e. The van der Waals surface area contributed by atoms with E-state index in [2.05, 4.69) is 173 Å². The Labute approximate surface area is 340 Å². The van der Waals surface area contributed by atoms with Crippen molar-refractivity contribution in [2.75, 3.05) is 0 Å². The monoisotopic (exact) mass is 745 g/mol. The van der Waals surface area contributed by atoms with Crippen molar-refractivity contribution >= 4 is 16.3 Å². The Balaban J connectivity index is 1.13. The van der Waals surface area contributed by atoms with Crippen molar-refractivity contribution in [3.63, 3.8) is 0 Å². The van der Waals surface area contributed by atoms with Crippen LogP contribution >= 0.6 is 0 Å². The summed E-state index contributed by atoms with van der Waals surface area (Å²) < 4.78 is 0. The van der Waals surface area contributed by atoms with Crippen LogP contribution in [0.25, 0.3) is 83.9 Å². The van der Waals surface area contributed by atoms with Gasteiger partial charge in [0.1, 0.15) is 0 Å². The minimum absolute atomic E-state index is 0.0144. The Morgan fingerprint density at radius 1 is 0.397 bits per heavy atom. The number of allylic oxidation sites excluding steroid dienone is 4. The fraction of sp³-hybridized carbons (Fsp3) is 0.145. The molecule has 11 rings (SSSR count). The molecule has 3 aliphatic rings. The molecule has 0 unspecified atom stereocenters. The summed E-state index contributed by atoms with van der Waals surface area (Å²) in [7, 11) is 0. The lowest BCUT2D eigenvalue weighted by molar-refractivity contribution is 0.651. The van der Waals surface area contributed by atoms with E-state index in [1.807, 2.05) is 18.2 Å². The quantitative estimate of drug-likeness (QED) is 0.176. The average molecular weight is 746 g/mol. The molecule has 8 aromatic rings. The maximum absolute atomic E-state index is 5.28. The summed E-state index contributed by atoms with van der Waals surface area (Å²) in [5.41, 5.74) is 18.6. The number of rotatable bonds is 5. The first-order valence-electron chi connectivity index (χ1n) is 20.5. The lowest BCUT2D eigenvalue weighted by Gasteiger charge is -2.24. The molecule has 0 bridgehead atoms. The van der Waals surface area contributed by atoms with Crippen LogP contribution in [0.3, 0.4) is 0 Å². The van der Waals surface area contributed by atoms with Gasteiger partial charge < -0.3 is 0 Å². The first-order chi connectivity index (χ1) is 28.2. The highest BCUT2D eigenvalue weighted by atomic mass is 15.0. The van der Waals surface area contributed by atoms with Crippen LogP contribution in [0.2, 0.25) is 0 Å². The van der Waals surface area contributed by atoms with E-state index in [9.17, 15) is 0 Å². The summed E-state index contributed by atoms with van der Waals surface area (Å²) in [4.78, 5) is 15.6. The van der Waals surface area contributed by atoms with E-state index in [0.717, 1.165) is 46.0 Å². The van der Waals surface area contributed by atoms with E-state index < -0.39 is 0 Å². The van der Waals surface area contributed by atoms with Gasteiger partial charge >= 0.3 is 0 Å². The number of hydrogen-bond donors (Lipinski definition) is 0. The molecule has 1 heterocycles. The van der Waals surface area contributed by atoms with Gasteiger partial charge in [-0.05, 0) is 127 Å². The van der Waals surface area contributed by atoms with Crippen LogP contribution in [0.5, 0.6) is 0 Å². The van der Waals surface area contributed by atoms with Gasteiger partial charge in [0.25, 0.3) is 0 Å². The van der Waals surface area contributed by atoms with E-state index in [4.69, 9.17) is 15.0 Å². The van der Waals surface area contributed by atoms with Gasteiger partial charge in [0, 0.05) is 27.5 Å². The van der Waals surface area contributed by atoms with Crippen molar-refractivity contribution in [3.05, 3.63) is 192 Å².